The van der Waals surface area contributed by atoms with Crippen LogP contribution in [0, 0.1) is 6.92 Å². The van der Waals surface area contributed by atoms with Crippen molar-refractivity contribution in [3.05, 3.63) is 15.6 Å². The van der Waals surface area contributed by atoms with E-state index in [0.29, 0.717) is 6.54 Å². The predicted molar refractivity (Wildman–Crippen MR) is 72.4 cm³/mol. The number of thiazole rings is 1. The third kappa shape index (κ3) is 3.48. The lowest BCUT2D eigenvalue weighted by Crippen LogP contribution is -2.45. The standard InChI is InChI=1S/C12H22N4S/c1-10-11(9-13)17-12(14-10)3-4-16-7-5-15(2)6-8-16/h3-9,13H2,1-2H3. The normalized spacial score (nSPS) is 18.8. The van der Waals surface area contributed by atoms with Gasteiger partial charge in [0.25, 0.3) is 0 Å². The number of aryl methyl sites for hydroxylation is 1. The summed E-state index contributed by atoms with van der Waals surface area (Å²) in [7, 11) is 2.19. The van der Waals surface area contributed by atoms with Crippen LogP contribution in [-0.4, -0.2) is 54.6 Å². The molecule has 1 saturated heterocycles. The van der Waals surface area contributed by atoms with Crippen molar-refractivity contribution in [3.63, 3.8) is 0 Å². The third-order valence-corrected chi connectivity index (χ3v) is 4.60. The molecule has 96 valence electrons. The van der Waals surface area contributed by atoms with Crippen LogP contribution in [0.15, 0.2) is 0 Å². The van der Waals surface area contributed by atoms with Crippen molar-refractivity contribution in [1.29, 1.82) is 0 Å². The lowest BCUT2D eigenvalue weighted by Gasteiger charge is -2.32. The molecule has 1 aliphatic rings. The Kier molecular flexibility index (Phi) is 4.50. The summed E-state index contributed by atoms with van der Waals surface area (Å²) in [5.74, 6) is 0. The molecule has 1 aromatic heterocycles. The number of piperazine rings is 1. The van der Waals surface area contributed by atoms with E-state index in [1.54, 1.807) is 11.3 Å². The van der Waals surface area contributed by atoms with Crippen molar-refractivity contribution in [2.24, 2.45) is 5.73 Å². The molecule has 1 aliphatic heterocycles. The number of nitrogens with zero attached hydrogens (tertiary/aromatic N) is 3. The van der Waals surface area contributed by atoms with Crippen LogP contribution in [0.2, 0.25) is 0 Å². The Balaban J connectivity index is 1.81. The van der Waals surface area contributed by atoms with E-state index < -0.39 is 0 Å². The lowest BCUT2D eigenvalue weighted by atomic mass is 10.3. The van der Waals surface area contributed by atoms with Gasteiger partial charge in [0.05, 0.1) is 10.7 Å². The maximum atomic E-state index is 5.67. The van der Waals surface area contributed by atoms with Crippen molar-refractivity contribution >= 4 is 11.3 Å². The third-order valence-electron chi connectivity index (χ3n) is 3.36. The molecule has 4 nitrogen and oxygen atoms in total. The molecule has 1 aromatic rings. The average Bonchev–Trinajstić information content (AvgIpc) is 2.69. The number of hydrogen-bond acceptors (Lipinski definition) is 5. The van der Waals surface area contributed by atoms with Crippen molar-refractivity contribution in [1.82, 2.24) is 14.8 Å². The fourth-order valence-electron chi connectivity index (χ4n) is 2.11. The number of rotatable bonds is 4. The van der Waals surface area contributed by atoms with E-state index in [1.165, 1.54) is 36.1 Å². The van der Waals surface area contributed by atoms with Crippen LogP contribution in [0.25, 0.3) is 0 Å². The second kappa shape index (κ2) is 5.91. The number of aromatic nitrogens is 1. The van der Waals surface area contributed by atoms with Crippen molar-refractivity contribution in [2.75, 3.05) is 39.8 Å². The van der Waals surface area contributed by atoms with Gasteiger partial charge in [0.1, 0.15) is 0 Å². The molecule has 0 aliphatic carbocycles. The molecule has 5 heteroatoms. The second-order valence-corrected chi connectivity index (χ2v) is 5.88. The number of nitrogens with two attached hydrogens (primary N) is 1. The molecule has 2 N–H and O–H groups in total. The maximum absolute atomic E-state index is 5.67. The minimum absolute atomic E-state index is 0.623. The highest BCUT2D eigenvalue weighted by molar-refractivity contribution is 7.11. The first-order chi connectivity index (χ1) is 8.19. The van der Waals surface area contributed by atoms with E-state index >= 15 is 0 Å². The van der Waals surface area contributed by atoms with Gasteiger partial charge in [-0.3, -0.25) is 0 Å². The Labute approximate surface area is 107 Å². The van der Waals surface area contributed by atoms with Crippen LogP contribution in [0.3, 0.4) is 0 Å². The molecule has 2 heterocycles. The largest absolute Gasteiger partial charge is 0.326 e. The zero-order chi connectivity index (χ0) is 12.3. The maximum Gasteiger partial charge on any atom is 0.0944 e. The summed E-state index contributed by atoms with van der Waals surface area (Å²) < 4.78 is 0. The predicted octanol–water partition coefficient (Wildman–Crippen LogP) is 0.700. The number of likely N-dealkylation sites (N-methyl/N-ethyl adjacent to an activating group) is 1. The fourth-order valence-corrected chi connectivity index (χ4v) is 3.05. The highest BCUT2D eigenvalue weighted by atomic mass is 32.1. The molecule has 1 fully saturated rings. The van der Waals surface area contributed by atoms with Gasteiger partial charge in [-0.25, -0.2) is 4.98 Å². The van der Waals surface area contributed by atoms with E-state index in [9.17, 15) is 0 Å². The first-order valence-corrected chi connectivity index (χ1v) is 7.07. The number of hydrogen-bond donors (Lipinski definition) is 1. The van der Waals surface area contributed by atoms with E-state index in [1.807, 2.05) is 0 Å². The van der Waals surface area contributed by atoms with Gasteiger partial charge in [0, 0.05) is 50.6 Å². The molecular formula is C12H22N4S. The van der Waals surface area contributed by atoms with Gasteiger partial charge in [0.2, 0.25) is 0 Å². The molecule has 0 amide bonds. The second-order valence-electron chi connectivity index (χ2n) is 4.72. The summed E-state index contributed by atoms with van der Waals surface area (Å²) in [6.45, 7) is 8.55. The Bertz CT molecular complexity index is 355. The summed E-state index contributed by atoms with van der Waals surface area (Å²) >= 11 is 1.78. The van der Waals surface area contributed by atoms with Crippen LogP contribution in [0.1, 0.15) is 15.6 Å². The van der Waals surface area contributed by atoms with Crippen molar-refractivity contribution in [2.45, 2.75) is 19.9 Å². The minimum atomic E-state index is 0.623. The van der Waals surface area contributed by atoms with Gasteiger partial charge >= 0.3 is 0 Å². The highest BCUT2D eigenvalue weighted by Gasteiger charge is 2.14. The molecule has 0 unspecified atom stereocenters. The molecule has 0 spiro atoms. The quantitative estimate of drug-likeness (QED) is 0.859. The summed E-state index contributed by atoms with van der Waals surface area (Å²) in [6.07, 6.45) is 1.06. The zero-order valence-corrected chi connectivity index (χ0v) is 11.6. The van der Waals surface area contributed by atoms with Crippen LogP contribution < -0.4 is 5.73 Å². The van der Waals surface area contributed by atoms with Crippen LogP contribution in [0.4, 0.5) is 0 Å². The molecule has 0 radical (unpaired) electrons. The molecule has 17 heavy (non-hydrogen) atoms. The summed E-state index contributed by atoms with van der Waals surface area (Å²) in [5.41, 5.74) is 6.79. The van der Waals surface area contributed by atoms with Gasteiger partial charge in [0.15, 0.2) is 0 Å². The zero-order valence-electron chi connectivity index (χ0n) is 10.8. The Morgan fingerprint density at radius 3 is 2.59 bits per heavy atom. The Hall–Kier alpha value is -0.490. The molecular weight excluding hydrogens is 232 g/mol. The van der Waals surface area contributed by atoms with Crippen LogP contribution in [0.5, 0.6) is 0 Å². The van der Waals surface area contributed by atoms with Gasteiger partial charge < -0.3 is 15.5 Å². The lowest BCUT2D eigenvalue weighted by molar-refractivity contribution is 0.155. The first-order valence-electron chi connectivity index (χ1n) is 6.25. The molecule has 0 aromatic carbocycles. The van der Waals surface area contributed by atoms with E-state index in [4.69, 9.17) is 5.73 Å². The summed E-state index contributed by atoms with van der Waals surface area (Å²) in [6, 6.07) is 0. The first kappa shape index (κ1) is 13.0. The Morgan fingerprint density at radius 2 is 2.00 bits per heavy atom. The topological polar surface area (TPSA) is 45.4 Å². The van der Waals surface area contributed by atoms with Crippen LogP contribution in [-0.2, 0) is 13.0 Å². The van der Waals surface area contributed by atoms with Crippen molar-refractivity contribution < 1.29 is 0 Å². The van der Waals surface area contributed by atoms with Crippen LogP contribution >= 0.6 is 11.3 Å². The molecule has 0 bridgehead atoms. The van der Waals surface area contributed by atoms with Crippen molar-refractivity contribution in [3.8, 4) is 0 Å². The molecule has 0 saturated carbocycles. The summed E-state index contributed by atoms with van der Waals surface area (Å²) in [5, 5.41) is 1.24. The van der Waals surface area contributed by atoms with Gasteiger partial charge in [-0.05, 0) is 14.0 Å². The van der Waals surface area contributed by atoms with Gasteiger partial charge in [-0.15, -0.1) is 11.3 Å². The highest BCUT2D eigenvalue weighted by Crippen LogP contribution is 2.18. The van der Waals surface area contributed by atoms with E-state index in [2.05, 4.69) is 28.8 Å². The van der Waals surface area contributed by atoms with Gasteiger partial charge in [-0.1, -0.05) is 0 Å². The monoisotopic (exact) mass is 254 g/mol. The summed E-state index contributed by atoms with van der Waals surface area (Å²) in [4.78, 5) is 10.7. The minimum Gasteiger partial charge on any atom is -0.326 e. The Morgan fingerprint density at radius 1 is 1.29 bits per heavy atom. The smallest absolute Gasteiger partial charge is 0.0944 e. The average molecular weight is 254 g/mol. The fraction of sp³-hybridized carbons (Fsp3) is 0.750. The molecule has 0 atom stereocenters. The van der Waals surface area contributed by atoms with E-state index in [-0.39, 0.29) is 0 Å². The van der Waals surface area contributed by atoms with Gasteiger partial charge in [-0.2, -0.15) is 0 Å². The van der Waals surface area contributed by atoms with E-state index in [0.717, 1.165) is 18.7 Å². The molecule has 2 rings (SSSR count). The SMILES string of the molecule is Cc1nc(CCN2CCN(C)CC2)sc1CN.